The third kappa shape index (κ3) is 1.87. The molecule has 2 aromatic heterocycles. The van der Waals surface area contributed by atoms with Crippen molar-refractivity contribution in [3.63, 3.8) is 0 Å². The molecule has 1 aromatic carbocycles. The summed E-state index contributed by atoms with van der Waals surface area (Å²) >= 11 is 0. The van der Waals surface area contributed by atoms with Gasteiger partial charge >= 0.3 is 0 Å². The number of imidazole rings is 1. The van der Waals surface area contributed by atoms with E-state index < -0.39 is 0 Å². The molecule has 0 radical (unpaired) electrons. The first-order chi connectivity index (χ1) is 11.2. The molecule has 5 rings (SSSR count). The molecule has 0 saturated heterocycles. The van der Waals surface area contributed by atoms with Crippen molar-refractivity contribution in [3.05, 3.63) is 47.9 Å². The predicted molar refractivity (Wildman–Crippen MR) is 88.3 cm³/mol. The van der Waals surface area contributed by atoms with E-state index in [-0.39, 0.29) is 6.17 Å². The summed E-state index contributed by atoms with van der Waals surface area (Å²) in [6.07, 6.45) is 0.880. The summed E-state index contributed by atoms with van der Waals surface area (Å²) in [6.45, 7) is 2.25. The van der Waals surface area contributed by atoms with E-state index in [0.29, 0.717) is 23.7 Å². The van der Waals surface area contributed by atoms with Gasteiger partial charge in [-0.1, -0.05) is 19.1 Å². The minimum atomic E-state index is -0.318. The van der Waals surface area contributed by atoms with E-state index >= 15 is 0 Å². The van der Waals surface area contributed by atoms with Crippen LogP contribution in [0.2, 0.25) is 0 Å². The Morgan fingerprint density at radius 3 is 2.83 bits per heavy atom. The molecule has 23 heavy (non-hydrogen) atoms. The van der Waals surface area contributed by atoms with Crippen molar-refractivity contribution in [2.24, 2.45) is 16.6 Å². The molecule has 3 atom stereocenters. The standard InChI is InChI=1S/C17H17N5O/c1-9-8-10(9)13-6-7-14(23-13)15-20-16(18)21-17-19-11-4-2-3-5-12(11)22(15)17/h2-7,9-10,15H,8H2,1H3,(H3,18,19,20,21)/t9-,10+,15+/m1/s1. The maximum Gasteiger partial charge on any atom is 0.212 e. The van der Waals surface area contributed by atoms with Crippen LogP contribution in [0, 0.1) is 5.92 Å². The zero-order valence-electron chi connectivity index (χ0n) is 12.7. The van der Waals surface area contributed by atoms with Crippen LogP contribution in [0.4, 0.5) is 5.95 Å². The second-order valence-electron chi connectivity index (χ2n) is 6.37. The van der Waals surface area contributed by atoms with Gasteiger partial charge in [0.25, 0.3) is 0 Å². The lowest BCUT2D eigenvalue weighted by atomic mass is 10.2. The highest BCUT2D eigenvalue weighted by Gasteiger charge is 2.37. The number of benzene rings is 1. The number of fused-ring (bicyclic) bond motifs is 3. The summed E-state index contributed by atoms with van der Waals surface area (Å²) < 4.78 is 8.13. The second kappa shape index (κ2) is 4.38. The van der Waals surface area contributed by atoms with Crippen molar-refractivity contribution in [2.45, 2.75) is 25.4 Å². The number of rotatable bonds is 2. The van der Waals surface area contributed by atoms with Gasteiger partial charge in [0.05, 0.1) is 11.0 Å². The fourth-order valence-electron chi connectivity index (χ4n) is 3.33. The molecule has 2 aliphatic rings. The summed E-state index contributed by atoms with van der Waals surface area (Å²) in [7, 11) is 0. The molecule has 0 bridgehead atoms. The molecule has 6 heteroatoms. The molecular weight excluding hydrogens is 290 g/mol. The summed E-state index contributed by atoms with van der Waals surface area (Å²) in [6, 6.07) is 12.1. The number of furan rings is 1. The first-order valence-electron chi connectivity index (χ1n) is 7.87. The maximum absolute atomic E-state index is 6.10. The Kier molecular flexibility index (Phi) is 2.43. The Morgan fingerprint density at radius 2 is 2.00 bits per heavy atom. The van der Waals surface area contributed by atoms with Crippen LogP contribution in [0.25, 0.3) is 11.0 Å². The smallest absolute Gasteiger partial charge is 0.212 e. The topological polar surface area (TPSA) is 81.4 Å². The molecule has 3 aromatic rings. The van der Waals surface area contributed by atoms with E-state index in [0.717, 1.165) is 22.6 Å². The summed E-state index contributed by atoms with van der Waals surface area (Å²) in [5, 5.41) is 3.04. The Hall–Kier alpha value is -2.76. The van der Waals surface area contributed by atoms with Gasteiger partial charge in [0, 0.05) is 5.92 Å². The molecule has 1 fully saturated rings. The van der Waals surface area contributed by atoms with E-state index in [1.54, 1.807) is 0 Å². The Balaban J connectivity index is 1.64. The number of nitrogens with zero attached hydrogens (tertiary/aromatic N) is 3. The fraction of sp³-hybridized carbons (Fsp3) is 0.294. The van der Waals surface area contributed by atoms with Crippen LogP contribution >= 0.6 is 0 Å². The number of nitrogens with two attached hydrogens (primary N) is 1. The number of aliphatic imine (C=N–C) groups is 1. The van der Waals surface area contributed by atoms with Crippen LogP contribution in [-0.2, 0) is 0 Å². The summed E-state index contributed by atoms with van der Waals surface area (Å²) in [4.78, 5) is 9.14. The lowest BCUT2D eigenvalue weighted by Crippen LogP contribution is -2.31. The number of guanidine groups is 1. The minimum absolute atomic E-state index is 0.318. The average Bonchev–Trinajstić information content (AvgIpc) is 2.99. The van der Waals surface area contributed by atoms with Crippen molar-refractivity contribution >= 4 is 22.9 Å². The van der Waals surface area contributed by atoms with E-state index in [1.165, 1.54) is 6.42 Å². The molecule has 0 spiro atoms. The lowest BCUT2D eigenvalue weighted by molar-refractivity contribution is 0.411. The number of nitrogens with one attached hydrogen (secondary N) is 1. The van der Waals surface area contributed by atoms with Gasteiger partial charge in [-0.25, -0.2) is 9.98 Å². The van der Waals surface area contributed by atoms with E-state index in [4.69, 9.17) is 10.2 Å². The monoisotopic (exact) mass is 307 g/mol. The van der Waals surface area contributed by atoms with Crippen LogP contribution in [-0.4, -0.2) is 15.5 Å². The van der Waals surface area contributed by atoms with Crippen LogP contribution in [0.3, 0.4) is 0 Å². The first-order valence-corrected chi connectivity index (χ1v) is 7.87. The molecule has 3 N–H and O–H groups in total. The van der Waals surface area contributed by atoms with E-state index in [2.05, 4.69) is 28.3 Å². The zero-order valence-corrected chi connectivity index (χ0v) is 12.7. The molecule has 0 unspecified atom stereocenters. The number of para-hydroxylation sites is 2. The van der Waals surface area contributed by atoms with Crippen LogP contribution < -0.4 is 11.1 Å². The SMILES string of the molecule is C[C@@H]1C[C@@H]1c1ccc([C@H]2N=C(N)Nc3nc4ccccc4n32)o1. The van der Waals surface area contributed by atoms with Crippen molar-refractivity contribution < 1.29 is 4.42 Å². The minimum Gasteiger partial charge on any atom is -0.461 e. The highest BCUT2D eigenvalue weighted by atomic mass is 16.3. The Labute approximate surface area is 133 Å². The molecule has 6 nitrogen and oxygen atoms in total. The zero-order chi connectivity index (χ0) is 15.6. The number of hydrogen-bond donors (Lipinski definition) is 2. The van der Waals surface area contributed by atoms with Crippen LogP contribution in [0.5, 0.6) is 0 Å². The summed E-state index contributed by atoms with van der Waals surface area (Å²) in [5.74, 6) is 4.15. The van der Waals surface area contributed by atoms with Gasteiger partial charge in [0.15, 0.2) is 12.1 Å². The van der Waals surface area contributed by atoms with Gasteiger partial charge in [-0.15, -0.1) is 0 Å². The largest absolute Gasteiger partial charge is 0.461 e. The number of anilines is 1. The highest BCUT2D eigenvalue weighted by molar-refractivity contribution is 5.94. The molecule has 1 saturated carbocycles. The number of hydrogen-bond acceptors (Lipinski definition) is 5. The quantitative estimate of drug-likeness (QED) is 0.762. The Bertz CT molecular complexity index is 938. The molecular formula is C17H17N5O. The Morgan fingerprint density at radius 1 is 1.22 bits per heavy atom. The first kappa shape index (κ1) is 12.8. The van der Waals surface area contributed by atoms with Crippen molar-refractivity contribution in [2.75, 3.05) is 5.32 Å². The third-order valence-electron chi connectivity index (χ3n) is 4.72. The highest BCUT2D eigenvalue weighted by Crippen LogP contribution is 2.48. The predicted octanol–water partition coefficient (Wildman–Crippen LogP) is 3.04. The van der Waals surface area contributed by atoms with E-state index in [1.807, 2.05) is 34.9 Å². The lowest BCUT2D eigenvalue weighted by Gasteiger charge is -2.21. The third-order valence-corrected chi connectivity index (χ3v) is 4.72. The van der Waals surface area contributed by atoms with Crippen molar-refractivity contribution in [1.82, 2.24) is 9.55 Å². The van der Waals surface area contributed by atoms with Crippen LogP contribution in [0.1, 0.15) is 36.9 Å². The van der Waals surface area contributed by atoms with E-state index in [9.17, 15) is 0 Å². The number of aromatic nitrogens is 2. The second-order valence-corrected chi connectivity index (χ2v) is 6.37. The van der Waals surface area contributed by atoms with Gasteiger partial charge < -0.3 is 10.2 Å². The molecule has 3 heterocycles. The van der Waals surface area contributed by atoms with Crippen molar-refractivity contribution in [1.29, 1.82) is 0 Å². The molecule has 116 valence electrons. The van der Waals surface area contributed by atoms with Gasteiger partial charge in [-0.05, 0) is 36.6 Å². The van der Waals surface area contributed by atoms with Crippen LogP contribution in [0.15, 0.2) is 45.8 Å². The molecule has 1 aliphatic carbocycles. The van der Waals surface area contributed by atoms with Gasteiger partial charge in [0.2, 0.25) is 5.95 Å². The van der Waals surface area contributed by atoms with Gasteiger partial charge in [-0.3, -0.25) is 9.88 Å². The van der Waals surface area contributed by atoms with Crippen molar-refractivity contribution in [3.8, 4) is 0 Å². The fourth-order valence-corrected chi connectivity index (χ4v) is 3.33. The van der Waals surface area contributed by atoms with Gasteiger partial charge in [-0.2, -0.15) is 0 Å². The molecule has 1 aliphatic heterocycles. The summed E-state index contributed by atoms with van der Waals surface area (Å²) in [5.41, 5.74) is 7.86. The maximum atomic E-state index is 6.10. The van der Waals surface area contributed by atoms with Gasteiger partial charge in [0.1, 0.15) is 11.5 Å². The average molecular weight is 307 g/mol. The normalized spacial score (nSPS) is 25.8. The molecule has 0 amide bonds.